The Labute approximate surface area is 127 Å². The number of rotatable bonds is 5. The highest BCUT2D eigenvalue weighted by Gasteiger charge is 2.19. The van der Waals surface area contributed by atoms with Crippen molar-refractivity contribution < 1.29 is 19.1 Å². The maximum absolute atomic E-state index is 11.4. The van der Waals surface area contributed by atoms with Crippen molar-refractivity contribution in [3.8, 4) is 0 Å². The first-order chi connectivity index (χ1) is 10.1. The number of cyclic esters (lactones) is 1. The maximum atomic E-state index is 11.4. The summed E-state index contributed by atoms with van der Waals surface area (Å²) in [5.74, 6) is -0.519. The van der Waals surface area contributed by atoms with Gasteiger partial charge in [-0.3, -0.25) is 14.6 Å². The zero-order valence-electron chi connectivity index (χ0n) is 11.7. The molecule has 0 aromatic heterocycles. The average molecular weight is 310 g/mol. The van der Waals surface area contributed by atoms with Crippen LogP contribution in [0.4, 0.5) is 5.69 Å². The van der Waals surface area contributed by atoms with E-state index < -0.39 is 0 Å². The number of carbonyl (C=O) groups is 2. The topological polar surface area (TPSA) is 65.0 Å². The summed E-state index contributed by atoms with van der Waals surface area (Å²) in [5.41, 5.74) is 2.22. The number of halogens is 1. The summed E-state index contributed by atoms with van der Waals surface area (Å²) in [7, 11) is 0. The highest BCUT2D eigenvalue weighted by atomic mass is 35.5. The molecule has 1 aromatic carbocycles. The zero-order valence-corrected chi connectivity index (χ0v) is 12.5. The first-order valence-corrected chi connectivity index (χ1v) is 7.12. The summed E-state index contributed by atoms with van der Waals surface area (Å²) in [4.78, 5) is 27.0. The normalized spacial score (nSPS) is 16.1. The van der Waals surface area contributed by atoms with Gasteiger partial charge in [0.1, 0.15) is 6.61 Å². The minimum atomic E-state index is -0.274. The van der Waals surface area contributed by atoms with E-state index in [0.29, 0.717) is 29.4 Å². The quantitative estimate of drug-likeness (QED) is 0.784. The van der Waals surface area contributed by atoms with Gasteiger partial charge in [0.25, 0.3) is 0 Å². The molecular formula is C15H16ClNO4. The van der Waals surface area contributed by atoms with Crippen LogP contribution in [-0.2, 0) is 25.5 Å². The lowest BCUT2D eigenvalue weighted by Gasteiger charge is -2.07. The van der Waals surface area contributed by atoms with Crippen LogP contribution in [0.5, 0.6) is 0 Å². The van der Waals surface area contributed by atoms with Gasteiger partial charge < -0.3 is 9.47 Å². The van der Waals surface area contributed by atoms with E-state index >= 15 is 0 Å². The second kappa shape index (κ2) is 7.22. The van der Waals surface area contributed by atoms with Gasteiger partial charge in [-0.05, 0) is 31.0 Å². The largest absolute Gasteiger partial charge is 0.466 e. The average Bonchev–Trinajstić information content (AvgIpc) is 2.83. The van der Waals surface area contributed by atoms with Crippen molar-refractivity contribution >= 4 is 34.9 Å². The minimum absolute atomic E-state index is 0.198. The van der Waals surface area contributed by atoms with Gasteiger partial charge in [0, 0.05) is 11.4 Å². The number of aliphatic imine (C=N–C) groups is 1. The zero-order chi connectivity index (χ0) is 15.2. The summed E-state index contributed by atoms with van der Waals surface area (Å²) in [6.45, 7) is 2.35. The number of hydrogen-bond acceptors (Lipinski definition) is 5. The second-order valence-electron chi connectivity index (χ2n) is 4.59. The van der Waals surface area contributed by atoms with Gasteiger partial charge in [0.15, 0.2) is 0 Å². The third-order valence-electron chi connectivity index (χ3n) is 2.98. The molecule has 1 aromatic rings. The van der Waals surface area contributed by atoms with Crippen LogP contribution in [0.1, 0.15) is 25.3 Å². The Morgan fingerprint density at radius 1 is 1.48 bits per heavy atom. The van der Waals surface area contributed by atoms with E-state index in [1.165, 1.54) is 0 Å². The first kappa shape index (κ1) is 15.5. The van der Waals surface area contributed by atoms with E-state index in [-0.39, 0.29) is 31.4 Å². The molecule has 0 N–H and O–H groups in total. The molecule has 0 amide bonds. The summed E-state index contributed by atoms with van der Waals surface area (Å²) in [6.07, 6.45) is 0.990. The SMILES string of the molecule is CCOC(=O)CCc1ccc(Cl)cc1N=C1COC(=O)C1. The number of aryl methyl sites for hydroxylation is 1. The van der Waals surface area contributed by atoms with Crippen LogP contribution in [-0.4, -0.2) is 30.9 Å². The molecular weight excluding hydrogens is 294 g/mol. The third kappa shape index (κ3) is 4.56. The van der Waals surface area contributed by atoms with Gasteiger partial charge in [0.05, 0.1) is 24.4 Å². The molecule has 6 heteroatoms. The highest BCUT2D eigenvalue weighted by Crippen LogP contribution is 2.26. The monoisotopic (exact) mass is 309 g/mol. The molecule has 0 spiro atoms. The predicted octanol–water partition coefficient (Wildman–Crippen LogP) is 2.86. The van der Waals surface area contributed by atoms with Crippen LogP contribution in [0.3, 0.4) is 0 Å². The van der Waals surface area contributed by atoms with Gasteiger partial charge in [-0.1, -0.05) is 17.7 Å². The first-order valence-electron chi connectivity index (χ1n) is 6.74. The van der Waals surface area contributed by atoms with E-state index in [4.69, 9.17) is 21.1 Å². The fraction of sp³-hybridized carbons (Fsp3) is 0.400. The summed E-state index contributed by atoms with van der Waals surface area (Å²) in [5, 5.41) is 0.555. The van der Waals surface area contributed by atoms with Crippen molar-refractivity contribution in [2.24, 2.45) is 4.99 Å². The predicted molar refractivity (Wildman–Crippen MR) is 79.1 cm³/mol. The lowest BCUT2D eigenvalue weighted by Crippen LogP contribution is -2.05. The molecule has 1 aliphatic heterocycles. The van der Waals surface area contributed by atoms with Crippen molar-refractivity contribution in [3.63, 3.8) is 0 Å². The van der Waals surface area contributed by atoms with E-state index in [1.807, 2.05) is 6.07 Å². The van der Waals surface area contributed by atoms with Crippen LogP contribution in [0.15, 0.2) is 23.2 Å². The maximum Gasteiger partial charge on any atom is 0.312 e. The lowest BCUT2D eigenvalue weighted by molar-refractivity contribution is -0.143. The van der Waals surface area contributed by atoms with Crippen molar-refractivity contribution in [2.45, 2.75) is 26.2 Å². The van der Waals surface area contributed by atoms with Gasteiger partial charge >= 0.3 is 11.9 Å². The number of benzene rings is 1. The Morgan fingerprint density at radius 2 is 2.29 bits per heavy atom. The van der Waals surface area contributed by atoms with Gasteiger partial charge in [-0.2, -0.15) is 0 Å². The third-order valence-corrected chi connectivity index (χ3v) is 3.21. The number of hydrogen-bond donors (Lipinski definition) is 0. The van der Waals surface area contributed by atoms with E-state index in [1.54, 1.807) is 19.1 Å². The van der Waals surface area contributed by atoms with E-state index in [0.717, 1.165) is 5.56 Å². The molecule has 0 radical (unpaired) electrons. The smallest absolute Gasteiger partial charge is 0.312 e. The molecule has 1 heterocycles. The van der Waals surface area contributed by atoms with Gasteiger partial charge in [0.2, 0.25) is 0 Å². The van der Waals surface area contributed by atoms with Crippen LogP contribution in [0, 0.1) is 0 Å². The Morgan fingerprint density at radius 3 is 2.95 bits per heavy atom. The Bertz CT molecular complexity index is 583. The summed E-state index contributed by atoms with van der Waals surface area (Å²) < 4.78 is 9.77. The van der Waals surface area contributed by atoms with Gasteiger partial charge in [-0.15, -0.1) is 0 Å². The molecule has 0 saturated carbocycles. The van der Waals surface area contributed by atoms with Crippen LogP contribution in [0.2, 0.25) is 5.02 Å². The van der Waals surface area contributed by atoms with Crippen molar-refractivity contribution in [3.05, 3.63) is 28.8 Å². The molecule has 0 atom stereocenters. The fourth-order valence-corrected chi connectivity index (χ4v) is 2.16. The molecule has 0 bridgehead atoms. The molecule has 0 aliphatic carbocycles. The summed E-state index contributed by atoms with van der Waals surface area (Å²) in [6, 6.07) is 5.30. The van der Waals surface area contributed by atoms with Crippen LogP contribution < -0.4 is 0 Å². The van der Waals surface area contributed by atoms with Crippen molar-refractivity contribution in [2.75, 3.05) is 13.2 Å². The second-order valence-corrected chi connectivity index (χ2v) is 5.03. The van der Waals surface area contributed by atoms with Crippen molar-refractivity contribution in [1.29, 1.82) is 0 Å². The van der Waals surface area contributed by atoms with Gasteiger partial charge in [-0.25, -0.2) is 0 Å². The molecule has 2 rings (SSSR count). The number of esters is 2. The van der Waals surface area contributed by atoms with E-state index in [9.17, 15) is 9.59 Å². The van der Waals surface area contributed by atoms with E-state index in [2.05, 4.69) is 4.99 Å². The Kier molecular flexibility index (Phi) is 5.33. The molecule has 112 valence electrons. The van der Waals surface area contributed by atoms with Crippen molar-refractivity contribution in [1.82, 2.24) is 0 Å². The molecule has 1 aliphatic rings. The lowest BCUT2D eigenvalue weighted by atomic mass is 10.1. The molecule has 0 unspecified atom stereocenters. The number of ether oxygens (including phenoxy) is 2. The molecule has 21 heavy (non-hydrogen) atoms. The summed E-state index contributed by atoms with van der Waals surface area (Å²) >= 11 is 5.98. The minimum Gasteiger partial charge on any atom is -0.466 e. The number of carbonyl (C=O) groups excluding carboxylic acids is 2. The number of nitrogens with zero attached hydrogens (tertiary/aromatic N) is 1. The van der Waals surface area contributed by atoms with Crippen LogP contribution in [0.25, 0.3) is 0 Å². The van der Waals surface area contributed by atoms with Crippen LogP contribution >= 0.6 is 11.6 Å². The highest BCUT2D eigenvalue weighted by molar-refractivity contribution is 6.30. The Balaban J connectivity index is 2.14. The molecule has 1 saturated heterocycles. The Hall–Kier alpha value is -1.88. The molecule has 5 nitrogen and oxygen atoms in total. The molecule has 1 fully saturated rings. The fourth-order valence-electron chi connectivity index (χ4n) is 2.00. The standard InChI is InChI=1S/C15H16ClNO4/c1-2-20-14(18)6-4-10-3-5-11(16)7-13(10)17-12-8-15(19)21-9-12/h3,5,7H,2,4,6,8-9H2,1H3.